The van der Waals surface area contributed by atoms with Crippen molar-refractivity contribution in [1.82, 2.24) is 14.8 Å². The number of aromatic nitrogens is 1. The lowest BCUT2D eigenvalue weighted by molar-refractivity contribution is -0.0857. The molecule has 0 atom stereocenters. The number of nitrogens with one attached hydrogen (secondary N) is 1. The zero-order chi connectivity index (χ0) is 16.9. The van der Waals surface area contributed by atoms with Crippen LogP contribution in [0.1, 0.15) is 18.5 Å². The Hall–Kier alpha value is -0.510. The van der Waals surface area contributed by atoms with Crippen LogP contribution in [0.2, 0.25) is 5.02 Å². The molecule has 0 spiro atoms. The van der Waals surface area contributed by atoms with E-state index in [2.05, 4.69) is 15.2 Å². The Bertz CT molecular complexity index is 544. The molecule has 1 aliphatic rings. The third-order valence-electron chi connectivity index (χ3n) is 4.45. The van der Waals surface area contributed by atoms with E-state index in [0.29, 0.717) is 0 Å². The second-order valence-corrected chi connectivity index (χ2v) is 6.45. The number of rotatable bonds is 5. The van der Waals surface area contributed by atoms with Crippen LogP contribution in [0.25, 0.3) is 0 Å². The van der Waals surface area contributed by atoms with Gasteiger partial charge in [0.1, 0.15) is 0 Å². The summed E-state index contributed by atoms with van der Waals surface area (Å²) in [4.78, 5) is 6.45. The van der Waals surface area contributed by atoms with Gasteiger partial charge in [-0.3, -0.25) is 4.99 Å². The van der Waals surface area contributed by atoms with Crippen molar-refractivity contribution in [3.63, 3.8) is 0 Å². The van der Waals surface area contributed by atoms with Gasteiger partial charge in [-0.15, -0.1) is 24.0 Å². The third-order valence-corrected chi connectivity index (χ3v) is 4.66. The Kier molecular flexibility index (Phi) is 8.83. The molecule has 138 valence electrons. The van der Waals surface area contributed by atoms with E-state index in [0.717, 1.165) is 55.8 Å². The van der Waals surface area contributed by atoms with E-state index in [-0.39, 0.29) is 29.6 Å². The molecule has 0 radical (unpaired) electrons. The Morgan fingerprint density at radius 1 is 1.50 bits per heavy atom. The maximum absolute atomic E-state index is 6.05. The summed E-state index contributed by atoms with van der Waals surface area (Å²) in [5, 5.41) is 4.18. The minimum absolute atomic E-state index is 0. The van der Waals surface area contributed by atoms with Gasteiger partial charge < -0.3 is 24.3 Å². The molecule has 0 aliphatic carbocycles. The number of ether oxygens (including phenoxy) is 2. The summed E-state index contributed by atoms with van der Waals surface area (Å²) in [6.07, 6.45) is 3.69. The monoisotopic (exact) mass is 470 g/mol. The smallest absolute Gasteiger partial charge is 0.193 e. The van der Waals surface area contributed by atoms with Gasteiger partial charge in [-0.2, -0.15) is 0 Å². The third kappa shape index (κ3) is 5.50. The van der Waals surface area contributed by atoms with E-state index in [1.807, 2.05) is 30.9 Å². The van der Waals surface area contributed by atoms with E-state index in [1.165, 1.54) is 0 Å². The lowest BCUT2D eigenvalue weighted by atomic mass is 9.94. The van der Waals surface area contributed by atoms with Gasteiger partial charge >= 0.3 is 0 Å². The number of hydrogen-bond acceptors (Lipinski definition) is 3. The molecule has 1 aromatic heterocycles. The zero-order valence-corrected chi connectivity index (χ0v) is 17.9. The van der Waals surface area contributed by atoms with E-state index in [1.54, 1.807) is 14.2 Å². The summed E-state index contributed by atoms with van der Waals surface area (Å²) < 4.78 is 13.2. The zero-order valence-electron chi connectivity index (χ0n) is 14.8. The van der Waals surface area contributed by atoms with Crippen molar-refractivity contribution >= 4 is 41.5 Å². The van der Waals surface area contributed by atoms with Crippen LogP contribution in [0.4, 0.5) is 0 Å². The van der Waals surface area contributed by atoms with Gasteiger partial charge in [-0.1, -0.05) is 11.6 Å². The predicted octanol–water partition coefficient (Wildman–Crippen LogP) is 2.50. The van der Waals surface area contributed by atoms with Crippen molar-refractivity contribution < 1.29 is 9.47 Å². The van der Waals surface area contributed by atoms with Crippen LogP contribution in [0.15, 0.2) is 17.3 Å². The van der Waals surface area contributed by atoms with Crippen molar-refractivity contribution in [3.8, 4) is 0 Å². The molecule has 0 amide bonds. The van der Waals surface area contributed by atoms with Crippen molar-refractivity contribution in [3.05, 3.63) is 23.0 Å². The van der Waals surface area contributed by atoms with E-state index < -0.39 is 0 Å². The Balaban J connectivity index is 0.00000288. The Labute approximate surface area is 166 Å². The van der Waals surface area contributed by atoms with Crippen LogP contribution in [0, 0.1) is 0 Å². The van der Waals surface area contributed by atoms with Crippen LogP contribution in [0.3, 0.4) is 0 Å². The van der Waals surface area contributed by atoms with Crippen LogP contribution in [-0.2, 0) is 23.1 Å². The van der Waals surface area contributed by atoms with Crippen molar-refractivity contribution in [2.45, 2.75) is 25.0 Å². The van der Waals surface area contributed by atoms with E-state index in [9.17, 15) is 0 Å². The SMILES string of the molecule is CN=C(NCC1(OC)CCOCC1)N(C)Cc1cc(Cl)cn1C.I. The maximum atomic E-state index is 6.05. The molecule has 0 bridgehead atoms. The van der Waals surface area contributed by atoms with Gasteiger partial charge in [-0.25, -0.2) is 0 Å². The number of hydrogen-bond donors (Lipinski definition) is 1. The first-order chi connectivity index (χ1) is 11.0. The summed E-state index contributed by atoms with van der Waals surface area (Å²) in [6.45, 7) is 2.93. The number of aryl methyl sites for hydroxylation is 1. The molecule has 0 unspecified atom stereocenters. The highest BCUT2D eigenvalue weighted by atomic mass is 127. The number of aliphatic imine (C=N–C) groups is 1. The number of nitrogens with zero attached hydrogens (tertiary/aromatic N) is 3. The maximum Gasteiger partial charge on any atom is 0.193 e. The summed E-state index contributed by atoms with van der Waals surface area (Å²) in [5.41, 5.74) is 0.955. The van der Waals surface area contributed by atoms with Crippen molar-refractivity contribution in [2.75, 3.05) is 41.0 Å². The standard InChI is InChI=1S/C16H27ClN4O2.HI/c1-18-15(19-12-16(22-4)5-7-23-8-6-16)21(3)11-14-9-13(17)10-20(14)2;/h9-10H,5-8,11-12H2,1-4H3,(H,18,19);1H. The van der Waals surface area contributed by atoms with Gasteiger partial charge in [0.2, 0.25) is 0 Å². The van der Waals surface area contributed by atoms with Crippen LogP contribution < -0.4 is 5.32 Å². The fourth-order valence-corrected chi connectivity index (χ4v) is 3.13. The predicted molar refractivity (Wildman–Crippen MR) is 108 cm³/mol. The average molecular weight is 471 g/mol. The fourth-order valence-electron chi connectivity index (χ4n) is 2.86. The van der Waals surface area contributed by atoms with Crippen molar-refractivity contribution in [2.24, 2.45) is 12.0 Å². The topological polar surface area (TPSA) is 51.0 Å². The molecule has 8 heteroatoms. The minimum Gasteiger partial charge on any atom is -0.381 e. The normalized spacial score (nSPS) is 17.3. The van der Waals surface area contributed by atoms with Crippen molar-refractivity contribution in [1.29, 1.82) is 0 Å². The molecule has 1 aliphatic heterocycles. The van der Waals surface area contributed by atoms with Gasteiger partial charge in [0, 0.05) is 72.7 Å². The molecular formula is C16H28ClIN4O2. The average Bonchev–Trinajstić information content (AvgIpc) is 2.86. The second-order valence-electron chi connectivity index (χ2n) is 6.02. The molecule has 1 N–H and O–H groups in total. The molecular weight excluding hydrogens is 443 g/mol. The molecule has 2 rings (SSSR count). The summed E-state index contributed by atoms with van der Waals surface area (Å²) >= 11 is 6.05. The molecule has 1 saturated heterocycles. The molecule has 6 nitrogen and oxygen atoms in total. The molecule has 2 heterocycles. The quantitative estimate of drug-likeness (QED) is 0.408. The first-order valence-corrected chi connectivity index (χ1v) is 8.23. The molecule has 1 aromatic rings. The molecule has 1 fully saturated rings. The molecule has 0 saturated carbocycles. The van der Waals surface area contributed by atoms with E-state index >= 15 is 0 Å². The first-order valence-electron chi connectivity index (χ1n) is 7.85. The largest absolute Gasteiger partial charge is 0.381 e. The van der Waals surface area contributed by atoms with Gasteiger partial charge in [0.25, 0.3) is 0 Å². The van der Waals surface area contributed by atoms with E-state index in [4.69, 9.17) is 21.1 Å². The summed E-state index contributed by atoms with van der Waals surface area (Å²) in [7, 11) is 7.57. The highest BCUT2D eigenvalue weighted by Gasteiger charge is 2.32. The lowest BCUT2D eigenvalue weighted by Crippen LogP contribution is -2.51. The fraction of sp³-hybridized carbons (Fsp3) is 0.688. The Morgan fingerprint density at radius 2 is 2.17 bits per heavy atom. The first kappa shape index (κ1) is 21.5. The lowest BCUT2D eigenvalue weighted by Gasteiger charge is -2.37. The second kappa shape index (κ2) is 9.84. The minimum atomic E-state index is -0.177. The highest BCUT2D eigenvalue weighted by molar-refractivity contribution is 14.0. The van der Waals surface area contributed by atoms with Crippen LogP contribution >= 0.6 is 35.6 Å². The molecule has 0 aromatic carbocycles. The Morgan fingerprint density at radius 3 is 2.67 bits per heavy atom. The number of guanidine groups is 1. The van der Waals surface area contributed by atoms with Gasteiger partial charge in [-0.05, 0) is 6.07 Å². The highest BCUT2D eigenvalue weighted by Crippen LogP contribution is 2.23. The number of halogens is 2. The number of methoxy groups -OCH3 is 1. The summed E-state index contributed by atoms with van der Waals surface area (Å²) in [6, 6.07) is 1.97. The molecule has 24 heavy (non-hydrogen) atoms. The summed E-state index contributed by atoms with van der Waals surface area (Å²) in [5.74, 6) is 0.838. The van der Waals surface area contributed by atoms with Crippen LogP contribution in [0.5, 0.6) is 0 Å². The van der Waals surface area contributed by atoms with Crippen LogP contribution in [-0.4, -0.2) is 62.0 Å². The van der Waals surface area contributed by atoms with Gasteiger partial charge in [0.15, 0.2) is 5.96 Å². The van der Waals surface area contributed by atoms with Gasteiger partial charge in [0.05, 0.1) is 17.2 Å².